The Labute approximate surface area is 180 Å². The molecule has 1 atom stereocenters. The van der Waals surface area contributed by atoms with E-state index in [1.807, 2.05) is 7.05 Å². The van der Waals surface area contributed by atoms with Crippen LogP contribution >= 0.6 is 0 Å². The second kappa shape index (κ2) is 8.76. The molecule has 2 aliphatic heterocycles. The Morgan fingerprint density at radius 1 is 1.19 bits per heavy atom. The summed E-state index contributed by atoms with van der Waals surface area (Å²) >= 11 is 0. The molecule has 1 spiro atoms. The number of nitrogens with one attached hydrogen (secondary N) is 1. The standard InChI is InChI=1S/C22H28FN5O3/c1-26-14-19(20(29)24-13-16-3-5-17(23)6-4-16)31-22(15-26)8-11-28(12-9-22)21(30)18-7-10-27(2)25-18/h3-7,10,19H,8-9,11-15H2,1-2H3,(H,24,29)/t19-/m1/s1. The molecule has 0 saturated carbocycles. The monoisotopic (exact) mass is 429 g/mol. The largest absolute Gasteiger partial charge is 0.359 e. The number of aromatic nitrogens is 2. The van der Waals surface area contributed by atoms with Crippen molar-refractivity contribution in [2.24, 2.45) is 7.05 Å². The van der Waals surface area contributed by atoms with E-state index in [0.717, 1.165) is 12.1 Å². The minimum Gasteiger partial charge on any atom is -0.359 e. The SMILES string of the molecule is CN1C[C@H](C(=O)NCc2ccc(F)cc2)OC2(CCN(C(=O)c3ccn(C)n3)CC2)C1. The van der Waals surface area contributed by atoms with Gasteiger partial charge in [-0.05, 0) is 43.7 Å². The van der Waals surface area contributed by atoms with E-state index in [2.05, 4.69) is 15.3 Å². The summed E-state index contributed by atoms with van der Waals surface area (Å²) in [6.45, 7) is 2.68. The van der Waals surface area contributed by atoms with Crippen LogP contribution in [0, 0.1) is 5.82 Å². The molecule has 0 unspecified atom stereocenters. The van der Waals surface area contributed by atoms with E-state index in [4.69, 9.17) is 4.74 Å². The first-order valence-corrected chi connectivity index (χ1v) is 10.5. The molecule has 2 amide bonds. The van der Waals surface area contributed by atoms with Crippen molar-refractivity contribution in [1.29, 1.82) is 0 Å². The van der Waals surface area contributed by atoms with Gasteiger partial charge in [0.25, 0.3) is 11.8 Å². The summed E-state index contributed by atoms with van der Waals surface area (Å²) in [4.78, 5) is 29.3. The lowest BCUT2D eigenvalue weighted by Gasteiger charge is -2.48. The molecule has 2 aromatic rings. The van der Waals surface area contributed by atoms with Crippen LogP contribution in [0.2, 0.25) is 0 Å². The van der Waals surface area contributed by atoms with Gasteiger partial charge in [-0.3, -0.25) is 14.3 Å². The zero-order valence-corrected chi connectivity index (χ0v) is 17.9. The van der Waals surface area contributed by atoms with Gasteiger partial charge in [-0.15, -0.1) is 0 Å². The second-order valence-corrected chi connectivity index (χ2v) is 8.50. The van der Waals surface area contributed by atoms with Crippen molar-refractivity contribution in [2.75, 3.05) is 33.2 Å². The molecule has 0 radical (unpaired) electrons. The average Bonchev–Trinajstić information content (AvgIpc) is 3.19. The Balaban J connectivity index is 1.34. The van der Waals surface area contributed by atoms with Crippen LogP contribution in [0.4, 0.5) is 4.39 Å². The number of aryl methyl sites for hydroxylation is 1. The van der Waals surface area contributed by atoms with Gasteiger partial charge in [-0.25, -0.2) is 4.39 Å². The molecular weight excluding hydrogens is 401 g/mol. The van der Waals surface area contributed by atoms with Crippen molar-refractivity contribution >= 4 is 11.8 Å². The summed E-state index contributed by atoms with van der Waals surface area (Å²) in [6, 6.07) is 7.78. The molecule has 9 heteroatoms. The maximum Gasteiger partial charge on any atom is 0.274 e. The molecular formula is C22H28FN5O3. The summed E-state index contributed by atoms with van der Waals surface area (Å²) in [5, 5.41) is 7.09. The summed E-state index contributed by atoms with van der Waals surface area (Å²) in [7, 11) is 3.77. The van der Waals surface area contributed by atoms with Crippen LogP contribution in [0.15, 0.2) is 36.5 Å². The molecule has 1 aromatic heterocycles. The highest BCUT2D eigenvalue weighted by atomic mass is 19.1. The van der Waals surface area contributed by atoms with Crippen molar-refractivity contribution in [3.63, 3.8) is 0 Å². The first-order chi connectivity index (χ1) is 14.8. The lowest BCUT2D eigenvalue weighted by molar-refractivity contribution is -0.180. The molecule has 4 rings (SSSR count). The zero-order chi connectivity index (χ0) is 22.0. The van der Waals surface area contributed by atoms with E-state index in [9.17, 15) is 14.0 Å². The number of amides is 2. The van der Waals surface area contributed by atoms with E-state index < -0.39 is 11.7 Å². The van der Waals surface area contributed by atoms with E-state index in [1.54, 1.807) is 41.0 Å². The second-order valence-electron chi connectivity index (χ2n) is 8.50. The minimum atomic E-state index is -0.586. The molecule has 8 nitrogen and oxygen atoms in total. The van der Waals surface area contributed by atoms with Crippen LogP contribution in [-0.4, -0.2) is 76.3 Å². The third-order valence-corrected chi connectivity index (χ3v) is 5.99. The Morgan fingerprint density at radius 3 is 2.55 bits per heavy atom. The average molecular weight is 429 g/mol. The fraction of sp³-hybridized carbons (Fsp3) is 0.500. The van der Waals surface area contributed by atoms with E-state index >= 15 is 0 Å². The van der Waals surface area contributed by atoms with Gasteiger partial charge in [0.2, 0.25) is 0 Å². The minimum absolute atomic E-state index is 0.0757. The van der Waals surface area contributed by atoms with Crippen molar-refractivity contribution in [3.05, 3.63) is 53.6 Å². The van der Waals surface area contributed by atoms with Gasteiger partial charge in [0, 0.05) is 46.0 Å². The number of halogens is 1. The predicted octanol–water partition coefficient (Wildman–Crippen LogP) is 1.18. The van der Waals surface area contributed by atoms with Crippen molar-refractivity contribution in [3.8, 4) is 0 Å². The summed E-state index contributed by atoms with van der Waals surface area (Å²) in [5.41, 5.74) is 0.819. The molecule has 2 saturated heterocycles. The zero-order valence-electron chi connectivity index (χ0n) is 17.9. The Hall–Kier alpha value is -2.78. The number of morpholine rings is 1. The van der Waals surface area contributed by atoms with Gasteiger partial charge in [0.15, 0.2) is 0 Å². The van der Waals surface area contributed by atoms with Gasteiger partial charge in [0.1, 0.15) is 17.6 Å². The molecule has 3 heterocycles. The molecule has 1 aromatic carbocycles. The normalized spacial score (nSPS) is 21.3. The number of ether oxygens (including phenoxy) is 1. The quantitative estimate of drug-likeness (QED) is 0.790. The number of carbonyl (C=O) groups is 2. The molecule has 2 fully saturated rings. The lowest BCUT2D eigenvalue weighted by atomic mass is 9.88. The Kier molecular flexibility index (Phi) is 6.06. The maximum atomic E-state index is 13.1. The van der Waals surface area contributed by atoms with Gasteiger partial charge in [0.05, 0.1) is 5.60 Å². The number of rotatable bonds is 4. The van der Waals surface area contributed by atoms with Crippen molar-refractivity contribution in [2.45, 2.75) is 31.1 Å². The number of nitrogens with zero attached hydrogens (tertiary/aromatic N) is 4. The molecule has 166 valence electrons. The molecule has 2 aliphatic rings. The van der Waals surface area contributed by atoms with Crippen LogP contribution in [0.5, 0.6) is 0 Å². The number of hydrogen-bond acceptors (Lipinski definition) is 5. The first kappa shape index (κ1) is 21.5. The van der Waals surface area contributed by atoms with Crippen molar-refractivity contribution in [1.82, 2.24) is 24.9 Å². The predicted molar refractivity (Wildman–Crippen MR) is 112 cm³/mol. The number of likely N-dealkylation sites (tertiary alicyclic amines) is 1. The fourth-order valence-electron chi connectivity index (χ4n) is 4.34. The molecule has 0 aliphatic carbocycles. The number of carbonyl (C=O) groups excluding carboxylic acids is 2. The number of benzene rings is 1. The molecule has 1 N–H and O–H groups in total. The topological polar surface area (TPSA) is 79.7 Å². The summed E-state index contributed by atoms with van der Waals surface area (Å²) in [5.74, 6) is -0.558. The number of likely N-dealkylation sites (N-methyl/N-ethyl adjacent to an activating group) is 1. The van der Waals surface area contributed by atoms with Gasteiger partial charge in [-0.1, -0.05) is 12.1 Å². The Morgan fingerprint density at radius 2 is 1.90 bits per heavy atom. The van der Waals surface area contributed by atoms with Crippen LogP contribution in [0.25, 0.3) is 0 Å². The highest BCUT2D eigenvalue weighted by molar-refractivity contribution is 5.92. The first-order valence-electron chi connectivity index (χ1n) is 10.5. The third-order valence-electron chi connectivity index (χ3n) is 5.99. The molecule has 31 heavy (non-hydrogen) atoms. The van der Waals surface area contributed by atoms with E-state index in [1.165, 1.54) is 12.1 Å². The van der Waals surface area contributed by atoms with Crippen LogP contribution in [0.3, 0.4) is 0 Å². The summed E-state index contributed by atoms with van der Waals surface area (Å²) < 4.78 is 21.0. The highest BCUT2D eigenvalue weighted by Gasteiger charge is 2.44. The van der Waals surface area contributed by atoms with Gasteiger partial charge < -0.3 is 19.9 Å². The van der Waals surface area contributed by atoms with Gasteiger partial charge >= 0.3 is 0 Å². The van der Waals surface area contributed by atoms with E-state index in [-0.39, 0.29) is 17.6 Å². The van der Waals surface area contributed by atoms with Crippen LogP contribution < -0.4 is 5.32 Å². The lowest BCUT2D eigenvalue weighted by Crippen LogP contribution is -2.61. The van der Waals surface area contributed by atoms with Crippen LogP contribution in [-0.2, 0) is 23.1 Å². The smallest absolute Gasteiger partial charge is 0.274 e. The Bertz CT molecular complexity index is 937. The summed E-state index contributed by atoms with van der Waals surface area (Å²) in [6.07, 6.45) is 2.50. The third kappa shape index (κ3) is 4.94. The maximum absolute atomic E-state index is 13.1. The van der Waals surface area contributed by atoms with Crippen LogP contribution in [0.1, 0.15) is 28.9 Å². The molecule has 0 bridgehead atoms. The highest BCUT2D eigenvalue weighted by Crippen LogP contribution is 2.32. The van der Waals surface area contributed by atoms with Gasteiger partial charge in [-0.2, -0.15) is 5.10 Å². The van der Waals surface area contributed by atoms with E-state index in [0.29, 0.717) is 44.7 Å². The fourth-order valence-corrected chi connectivity index (χ4v) is 4.34. The number of piperidine rings is 1. The van der Waals surface area contributed by atoms with Crippen molar-refractivity contribution < 1.29 is 18.7 Å². The number of hydrogen-bond donors (Lipinski definition) is 1.